The molecule has 0 fully saturated rings. The quantitative estimate of drug-likeness (QED) is 0.687. The van der Waals surface area contributed by atoms with E-state index in [-0.39, 0.29) is 5.56 Å². The topological polar surface area (TPSA) is 59.0 Å². The van der Waals surface area contributed by atoms with E-state index in [1.807, 2.05) is 0 Å². The van der Waals surface area contributed by atoms with Gasteiger partial charge in [0.1, 0.15) is 17.1 Å². The largest absolute Gasteiger partial charge is 0.496 e. The van der Waals surface area contributed by atoms with Crippen molar-refractivity contribution in [3.8, 4) is 11.5 Å². The lowest BCUT2D eigenvalue weighted by atomic mass is 10.1. The van der Waals surface area contributed by atoms with Gasteiger partial charge < -0.3 is 9.47 Å². The molecule has 0 aromatic heterocycles. The molecule has 0 radical (unpaired) electrons. The Kier molecular flexibility index (Phi) is 4.22. The van der Waals surface area contributed by atoms with Crippen LogP contribution in [0.5, 0.6) is 11.5 Å². The summed E-state index contributed by atoms with van der Waals surface area (Å²) in [4.78, 5) is 12.4. The van der Waals surface area contributed by atoms with Gasteiger partial charge >= 0.3 is 0 Å². The van der Waals surface area contributed by atoms with Crippen molar-refractivity contribution >= 4 is 11.6 Å². The van der Waals surface area contributed by atoms with Gasteiger partial charge in [-0.1, -0.05) is 24.3 Å². The van der Waals surface area contributed by atoms with E-state index in [2.05, 4.69) is 0 Å². The summed E-state index contributed by atoms with van der Waals surface area (Å²) >= 11 is 0. The fourth-order valence-electron chi connectivity index (χ4n) is 1.85. The summed E-state index contributed by atoms with van der Waals surface area (Å²) in [5.74, 6) is 0.0548. The van der Waals surface area contributed by atoms with Crippen LogP contribution in [0.2, 0.25) is 0 Å². The first-order chi connectivity index (χ1) is 9.69. The van der Waals surface area contributed by atoms with Crippen LogP contribution in [0, 0.1) is 0 Å². The summed E-state index contributed by atoms with van der Waals surface area (Å²) < 4.78 is 10.3. The molecule has 104 valence electrons. The van der Waals surface area contributed by atoms with Crippen LogP contribution in [-0.4, -0.2) is 25.3 Å². The number of rotatable bonds is 4. The first-order valence-corrected chi connectivity index (χ1v) is 5.98. The van der Waals surface area contributed by atoms with Gasteiger partial charge in [-0.05, 0) is 24.3 Å². The molecule has 0 atom stereocenters. The van der Waals surface area contributed by atoms with Gasteiger partial charge in [-0.2, -0.15) is 5.06 Å². The molecule has 2 aromatic rings. The molecule has 2 aromatic carbocycles. The van der Waals surface area contributed by atoms with Crippen LogP contribution in [0.4, 0.5) is 5.69 Å². The Morgan fingerprint density at radius 2 is 1.50 bits per heavy atom. The zero-order valence-corrected chi connectivity index (χ0v) is 11.2. The van der Waals surface area contributed by atoms with E-state index in [0.717, 1.165) is 0 Å². The lowest BCUT2D eigenvalue weighted by Gasteiger charge is -2.18. The molecule has 1 amide bonds. The molecule has 1 N–H and O–H groups in total. The molecular weight excluding hydrogens is 258 g/mol. The Morgan fingerprint density at radius 3 is 2.00 bits per heavy atom. The number of para-hydroxylation sites is 1. The van der Waals surface area contributed by atoms with Crippen LogP contribution in [0.15, 0.2) is 48.5 Å². The van der Waals surface area contributed by atoms with Gasteiger partial charge in [0.15, 0.2) is 0 Å². The minimum Gasteiger partial charge on any atom is -0.496 e. The molecule has 5 nitrogen and oxygen atoms in total. The number of nitrogens with zero attached hydrogens (tertiary/aromatic N) is 1. The van der Waals surface area contributed by atoms with Gasteiger partial charge in [-0.25, -0.2) is 0 Å². The summed E-state index contributed by atoms with van der Waals surface area (Å²) in [7, 11) is 2.91. The van der Waals surface area contributed by atoms with Crippen molar-refractivity contribution in [2.24, 2.45) is 0 Å². The number of benzene rings is 2. The van der Waals surface area contributed by atoms with E-state index in [4.69, 9.17) is 9.47 Å². The van der Waals surface area contributed by atoms with Crippen LogP contribution in [0.1, 0.15) is 10.4 Å². The van der Waals surface area contributed by atoms with E-state index in [1.165, 1.54) is 14.2 Å². The van der Waals surface area contributed by atoms with E-state index in [9.17, 15) is 10.0 Å². The Balaban J connectivity index is 2.43. The van der Waals surface area contributed by atoms with Gasteiger partial charge in [0, 0.05) is 0 Å². The summed E-state index contributed by atoms with van der Waals surface area (Å²) in [6.07, 6.45) is 0. The van der Waals surface area contributed by atoms with E-state index < -0.39 is 5.91 Å². The van der Waals surface area contributed by atoms with Crippen LogP contribution in [0.3, 0.4) is 0 Å². The lowest BCUT2D eigenvalue weighted by Crippen LogP contribution is -2.27. The van der Waals surface area contributed by atoms with Gasteiger partial charge in [0.05, 0.1) is 19.9 Å². The average Bonchev–Trinajstić information content (AvgIpc) is 2.53. The fourth-order valence-corrected chi connectivity index (χ4v) is 1.85. The third kappa shape index (κ3) is 2.57. The molecule has 0 spiro atoms. The highest BCUT2D eigenvalue weighted by molar-refractivity contribution is 6.08. The number of carbonyl (C=O) groups is 1. The predicted molar refractivity (Wildman–Crippen MR) is 74.6 cm³/mol. The van der Waals surface area contributed by atoms with Crippen LogP contribution >= 0.6 is 0 Å². The lowest BCUT2D eigenvalue weighted by molar-refractivity contribution is 0.0848. The predicted octanol–water partition coefficient (Wildman–Crippen LogP) is 2.74. The Morgan fingerprint density at radius 1 is 0.950 bits per heavy atom. The third-order valence-electron chi connectivity index (χ3n) is 2.83. The zero-order chi connectivity index (χ0) is 14.5. The van der Waals surface area contributed by atoms with Crippen molar-refractivity contribution in [1.82, 2.24) is 0 Å². The maximum atomic E-state index is 12.4. The minimum atomic E-state index is -0.620. The molecule has 2 rings (SSSR count). The number of ether oxygens (including phenoxy) is 2. The van der Waals surface area contributed by atoms with Crippen LogP contribution < -0.4 is 14.5 Å². The summed E-state index contributed by atoms with van der Waals surface area (Å²) in [5.41, 5.74) is 0.536. The molecule has 20 heavy (non-hydrogen) atoms. The van der Waals surface area contributed by atoms with Crippen molar-refractivity contribution in [3.05, 3.63) is 54.1 Å². The number of carbonyl (C=O) groups excluding carboxylic acids is 1. The van der Waals surface area contributed by atoms with Crippen molar-refractivity contribution in [1.29, 1.82) is 0 Å². The number of anilines is 1. The molecule has 0 aliphatic carbocycles. The van der Waals surface area contributed by atoms with E-state index in [0.29, 0.717) is 22.2 Å². The highest BCUT2D eigenvalue weighted by Crippen LogP contribution is 2.30. The van der Waals surface area contributed by atoms with Gasteiger partial charge in [-0.15, -0.1) is 0 Å². The van der Waals surface area contributed by atoms with Crippen LogP contribution in [-0.2, 0) is 0 Å². The highest BCUT2D eigenvalue weighted by Gasteiger charge is 2.23. The monoisotopic (exact) mass is 273 g/mol. The maximum Gasteiger partial charge on any atom is 0.289 e. The Bertz CT molecular complexity index is 576. The zero-order valence-electron chi connectivity index (χ0n) is 11.2. The van der Waals surface area contributed by atoms with E-state index >= 15 is 0 Å². The summed E-state index contributed by atoms with van der Waals surface area (Å²) in [6, 6.07) is 13.5. The summed E-state index contributed by atoms with van der Waals surface area (Å²) in [6.45, 7) is 0. The second kappa shape index (κ2) is 6.08. The number of hydrogen-bond acceptors (Lipinski definition) is 4. The van der Waals surface area contributed by atoms with Gasteiger partial charge in [0.25, 0.3) is 5.91 Å². The maximum absolute atomic E-state index is 12.4. The molecule has 0 aliphatic heterocycles. The smallest absolute Gasteiger partial charge is 0.289 e. The molecule has 0 aliphatic rings. The second-order valence-electron chi connectivity index (χ2n) is 3.99. The molecule has 0 bridgehead atoms. The van der Waals surface area contributed by atoms with Crippen molar-refractivity contribution < 1.29 is 19.5 Å². The fraction of sp³-hybridized carbons (Fsp3) is 0.133. The number of hydroxylamine groups is 1. The minimum absolute atomic E-state index is 0.170. The standard InChI is InChI=1S/C15H15NO4/c1-19-12-9-6-10-13(20-2)14(12)15(17)16(18)11-7-4-3-5-8-11/h3-10,18H,1-2H3. The first-order valence-electron chi connectivity index (χ1n) is 5.98. The molecule has 0 saturated heterocycles. The Hall–Kier alpha value is -2.53. The van der Waals surface area contributed by atoms with Crippen molar-refractivity contribution in [2.75, 3.05) is 19.3 Å². The number of amides is 1. The molecule has 0 saturated carbocycles. The SMILES string of the molecule is COc1cccc(OC)c1C(=O)N(O)c1ccccc1. The first kappa shape index (κ1) is 13.9. The van der Waals surface area contributed by atoms with Gasteiger partial charge in [-0.3, -0.25) is 10.0 Å². The highest BCUT2D eigenvalue weighted by atomic mass is 16.5. The molecule has 5 heteroatoms. The summed E-state index contributed by atoms with van der Waals surface area (Å²) in [5, 5.41) is 10.6. The van der Waals surface area contributed by atoms with Gasteiger partial charge in [0.2, 0.25) is 0 Å². The number of methoxy groups -OCH3 is 2. The van der Waals surface area contributed by atoms with Crippen molar-refractivity contribution in [3.63, 3.8) is 0 Å². The van der Waals surface area contributed by atoms with E-state index in [1.54, 1.807) is 48.5 Å². The normalized spacial score (nSPS) is 9.95. The van der Waals surface area contributed by atoms with Crippen molar-refractivity contribution in [2.45, 2.75) is 0 Å². The third-order valence-corrected chi connectivity index (χ3v) is 2.83. The number of hydrogen-bond donors (Lipinski definition) is 1. The molecule has 0 unspecified atom stereocenters. The molecule has 0 heterocycles. The second-order valence-corrected chi connectivity index (χ2v) is 3.99. The van der Waals surface area contributed by atoms with Crippen LogP contribution in [0.25, 0.3) is 0 Å². The molecular formula is C15H15NO4. The Labute approximate surface area is 116 Å². The average molecular weight is 273 g/mol.